The highest BCUT2D eigenvalue weighted by Gasteiger charge is 2.25. The number of benzene rings is 1. The predicted octanol–water partition coefficient (Wildman–Crippen LogP) is 1.73. The van der Waals surface area contributed by atoms with Crippen LogP contribution in [0.25, 0.3) is 0 Å². The first-order valence-electron chi connectivity index (χ1n) is 7.02. The Morgan fingerprint density at radius 3 is 2.62 bits per heavy atom. The van der Waals surface area contributed by atoms with Crippen molar-refractivity contribution >= 4 is 23.2 Å². The van der Waals surface area contributed by atoms with E-state index < -0.39 is 0 Å². The smallest absolute Gasteiger partial charge is 0.242 e. The molecule has 0 aromatic heterocycles. The fourth-order valence-corrected chi connectivity index (χ4v) is 1.95. The van der Waals surface area contributed by atoms with Crippen LogP contribution < -0.4 is 20.7 Å². The molecule has 0 aliphatic heterocycles. The summed E-state index contributed by atoms with van der Waals surface area (Å²) in [6.45, 7) is 3.24. The molecule has 1 aliphatic carbocycles. The Bertz CT molecular complexity index is 541. The molecule has 2 rings (SSSR count). The maximum atomic E-state index is 12.0. The van der Waals surface area contributed by atoms with Crippen molar-refractivity contribution in [2.24, 2.45) is 0 Å². The average molecular weight is 291 g/mol. The van der Waals surface area contributed by atoms with Gasteiger partial charge in [-0.15, -0.1) is 0 Å². The largest absolute Gasteiger partial charge is 0.495 e. The molecule has 3 N–H and O–H groups in total. The highest BCUT2D eigenvalue weighted by Crippen LogP contribution is 2.28. The Labute approximate surface area is 124 Å². The second kappa shape index (κ2) is 6.47. The van der Waals surface area contributed by atoms with Crippen LogP contribution in [0, 0.1) is 0 Å². The summed E-state index contributed by atoms with van der Waals surface area (Å²) in [4.78, 5) is 23.1. The van der Waals surface area contributed by atoms with E-state index in [0.29, 0.717) is 23.2 Å². The van der Waals surface area contributed by atoms with Crippen LogP contribution in [0.2, 0.25) is 0 Å². The van der Waals surface area contributed by atoms with Crippen molar-refractivity contribution in [3.8, 4) is 5.75 Å². The van der Waals surface area contributed by atoms with Crippen LogP contribution in [0.1, 0.15) is 26.7 Å². The van der Waals surface area contributed by atoms with Crippen molar-refractivity contribution in [3.05, 3.63) is 18.2 Å². The van der Waals surface area contributed by atoms with Crippen molar-refractivity contribution in [2.75, 3.05) is 17.7 Å². The standard InChI is InChI=1S/C15H21N3O3/c1-9(15(20)18-11-4-5-11)16-13-8-12(17-10(2)19)6-7-14(13)21-3/h6-9,11,16H,4-5H2,1-3H3,(H,17,19)(H,18,20)/t9-/m0/s1. The maximum Gasteiger partial charge on any atom is 0.242 e. The second-order valence-corrected chi connectivity index (χ2v) is 5.25. The van der Waals surface area contributed by atoms with Crippen molar-refractivity contribution in [3.63, 3.8) is 0 Å². The first-order chi connectivity index (χ1) is 9.99. The van der Waals surface area contributed by atoms with Gasteiger partial charge >= 0.3 is 0 Å². The molecule has 21 heavy (non-hydrogen) atoms. The fourth-order valence-electron chi connectivity index (χ4n) is 1.95. The van der Waals surface area contributed by atoms with Gasteiger partial charge in [-0.25, -0.2) is 0 Å². The number of hydrogen-bond acceptors (Lipinski definition) is 4. The topological polar surface area (TPSA) is 79.5 Å². The molecule has 1 fully saturated rings. The first-order valence-corrected chi connectivity index (χ1v) is 7.02. The number of nitrogens with one attached hydrogen (secondary N) is 3. The van der Waals surface area contributed by atoms with Gasteiger partial charge in [0.15, 0.2) is 0 Å². The molecule has 114 valence electrons. The molecule has 1 atom stereocenters. The minimum absolute atomic E-state index is 0.0375. The second-order valence-electron chi connectivity index (χ2n) is 5.25. The highest BCUT2D eigenvalue weighted by molar-refractivity contribution is 5.90. The van der Waals surface area contributed by atoms with Crippen LogP contribution in [0.3, 0.4) is 0 Å². The van der Waals surface area contributed by atoms with Crippen molar-refractivity contribution in [1.82, 2.24) is 5.32 Å². The molecule has 1 aliphatic rings. The molecular weight excluding hydrogens is 270 g/mol. The summed E-state index contributed by atoms with van der Waals surface area (Å²) < 4.78 is 5.27. The Balaban J connectivity index is 2.08. The highest BCUT2D eigenvalue weighted by atomic mass is 16.5. The van der Waals surface area contributed by atoms with E-state index in [1.807, 2.05) is 0 Å². The molecule has 0 spiro atoms. The third-order valence-electron chi connectivity index (χ3n) is 3.21. The summed E-state index contributed by atoms with van der Waals surface area (Å²) in [6.07, 6.45) is 2.11. The number of rotatable bonds is 6. The van der Waals surface area contributed by atoms with E-state index in [1.54, 1.807) is 32.2 Å². The van der Waals surface area contributed by atoms with Gasteiger partial charge in [0.2, 0.25) is 11.8 Å². The number of carbonyl (C=O) groups is 2. The minimum atomic E-state index is -0.382. The number of carbonyl (C=O) groups excluding carboxylic acids is 2. The third-order valence-corrected chi connectivity index (χ3v) is 3.21. The molecule has 0 radical (unpaired) electrons. The number of methoxy groups -OCH3 is 1. The van der Waals surface area contributed by atoms with E-state index in [4.69, 9.17) is 4.74 Å². The quantitative estimate of drug-likeness (QED) is 0.746. The van der Waals surface area contributed by atoms with E-state index in [0.717, 1.165) is 12.8 Å². The van der Waals surface area contributed by atoms with Crippen LogP contribution in [0.5, 0.6) is 5.75 Å². The first kappa shape index (κ1) is 15.2. The van der Waals surface area contributed by atoms with E-state index in [9.17, 15) is 9.59 Å². The Hall–Kier alpha value is -2.24. The van der Waals surface area contributed by atoms with Crippen molar-refractivity contribution < 1.29 is 14.3 Å². The molecule has 2 amide bonds. The van der Waals surface area contributed by atoms with E-state index >= 15 is 0 Å². The van der Waals surface area contributed by atoms with Gasteiger partial charge in [0, 0.05) is 18.7 Å². The van der Waals surface area contributed by atoms with Crippen LogP contribution in [0.15, 0.2) is 18.2 Å². The maximum absolute atomic E-state index is 12.0. The summed E-state index contributed by atoms with van der Waals surface area (Å²) >= 11 is 0. The third kappa shape index (κ3) is 4.37. The summed E-state index contributed by atoms with van der Waals surface area (Å²) in [5.74, 6) is 0.435. The normalized spacial score (nSPS) is 15.0. The van der Waals surface area contributed by atoms with E-state index in [1.165, 1.54) is 6.92 Å². The fraction of sp³-hybridized carbons (Fsp3) is 0.467. The SMILES string of the molecule is COc1ccc(NC(C)=O)cc1N[C@@H](C)C(=O)NC1CC1. The molecule has 6 nitrogen and oxygen atoms in total. The summed E-state index contributed by atoms with van der Waals surface area (Å²) in [5, 5.41) is 8.77. The van der Waals surface area contributed by atoms with Crippen molar-refractivity contribution in [2.45, 2.75) is 38.8 Å². The lowest BCUT2D eigenvalue weighted by Crippen LogP contribution is -2.38. The summed E-state index contributed by atoms with van der Waals surface area (Å²) in [7, 11) is 1.56. The summed E-state index contributed by atoms with van der Waals surface area (Å²) in [6, 6.07) is 5.20. The van der Waals surface area contributed by atoms with Gasteiger partial charge in [-0.05, 0) is 38.0 Å². The Morgan fingerprint density at radius 2 is 2.05 bits per heavy atom. The Kier molecular flexibility index (Phi) is 4.67. The van der Waals surface area contributed by atoms with Gasteiger partial charge in [-0.3, -0.25) is 9.59 Å². The number of anilines is 2. The van der Waals surface area contributed by atoms with Gasteiger partial charge in [0.05, 0.1) is 12.8 Å². The van der Waals surface area contributed by atoms with E-state index in [2.05, 4.69) is 16.0 Å². The van der Waals surface area contributed by atoms with Gasteiger partial charge in [-0.2, -0.15) is 0 Å². The number of hydrogen-bond donors (Lipinski definition) is 3. The molecule has 1 saturated carbocycles. The lowest BCUT2D eigenvalue weighted by atomic mass is 10.2. The zero-order valence-corrected chi connectivity index (χ0v) is 12.5. The number of ether oxygens (including phenoxy) is 1. The van der Waals surface area contributed by atoms with E-state index in [-0.39, 0.29) is 17.9 Å². The molecule has 1 aromatic carbocycles. The molecule has 0 bridgehead atoms. The van der Waals surface area contributed by atoms with Crippen LogP contribution >= 0.6 is 0 Å². The van der Waals surface area contributed by atoms with Crippen LogP contribution in [0.4, 0.5) is 11.4 Å². The number of amides is 2. The monoisotopic (exact) mass is 291 g/mol. The molecule has 1 aromatic rings. The minimum Gasteiger partial charge on any atom is -0.495 e. The molecule has 0 heterocycles. The van der Waals surface area contributed by atoms with Crippen LogP contribution in [-0.2, 0) is 9.59 Å². The van der Waals surface area contributed by atoms with Crippen molar-refractivity contribution in [1.29, 1.82) is 0 Å². The average Bonchev–Trinajstić information content (AvgIpc) is 3.22. The predicted molar refractivity (Wildman–Crippen MR) is 81.5 cm³/mol. The molecule has 6 heteroatoms. The molecule has 0 saturated heterocycles. The van der Waals surface area contributed by atoms with Crippen LogP contribution in [-0.4, -0.2) is 31.0 Å². The zero-order chi connectivity index (χ0) is 15.4. The molecular formula is C15H21N3O3. The van der Waals surface area contributed by atoms with Gasteiger partial charge in [0.25, 0.3) is 0 Å². The Morgan fingerprint density at radius 1 is 1.33 bits per heavy atom. The zero-order valence-electron chi connectivity index (χ0n) is 12.5. The summed E-state index contributed by atoms with van der Waals surface area (Å²) in [5.41, 5.74) is 1.32. The van der Waals surface area contributed by atoms with Gasteiger partial charge in [-0.1, -0.05) is 0 Å². The molecule has 0 unspecified atom stereocenters. The lowest BCUT2D eigenvalue weighted by Gasteiger charge is -2.18. The van der Waals surface area contributed by atoms with Gasteiger partial charge < -0.3 is 20.7 Å². The lowest BCUT2D eigenvalue weighted by molar-refractivity contribution is -0.121. The van der Waals surface area contributed by atoms with Gasteiger partial charge in [0.1, 0.15) is 11.8 Å².